The molecule has 0 bridgehead atoms. The second-order valence-corrected chi connectivity index (χ2v) is 7.65. The maximum Gasteiger partial charge on any atom is 0.362 e. The van der Waals surface area contributed by atoms with Gasteiger partial charge in [-0.1, -0.05) is 26.0 Å². The average molecular weight is 420 g/mol. The predicted molar refractivity (Wildman–Crippen MR) is 98.1 cm³/mol. The molecule has 136 valence electrons. The highest BCUT2D eigenvalue weighted by Crippen LogP contribution is 2.35. The number of aromatic nitrogens is 5. The van der Waals surface area contributed by atoms with Gasteiger partial charge in [-0.15, -0.1) is 5.10 Å². The standard InChI is InChI=1S/C17H18BrN5O3/c1-17(2,3)9-23-10-5-6-11(12(18)13(10)21-22-23)26-15-14(16(24)25-4)19-7-8-20-15/h5-8H,9H2,1-4H3. The van der Waals surface area contributed by atoms with Gasteiger partial charge in [0.25, 0.3) is 5.88 Å². The first kappa shape index (κ1) is 18.2. The molecular formula is C17H18BrN5O3. The van der Waals surface area contributed by atoms with Gasteiger partial charge >= 0.3 is 5.97 Å². The molecule has 0 aliphatic carbocycles. The number of hydrogen-bond donors (Lipinski definition) is 0. The quantitative estimate of drug-likeness (QED) is 0.596. The number of halogens is 1. The van der Waals surface area contributed by atoms with Gasteiger partial charge in [0.15, 0.2) is 0 Å². The first-order valence-electron chi connectivity index (χ1n) is 7.89. The van der Waals surface area contributed by atoms with Gasteiger partial charge in [0.2, 0.25) is 5.69 Å². The third-order valence-electron chi connectivity index (χ3n) is 3.46. The summed E-state index contributed by atoms with van der Waals surface area (Å²) >= 11 is 3.51. The second kappa shape index (κ2) is 6.99. The van der Waals surface area contributed by atoms with E-state index in [0.29, 0.717) is 15.7 Å². The van der Waals surface area contributed by atoms with Crippen LogP contribution in [0.4, 0.5) is 0 Å². The summed E-state index contributed by atoms with van der Waals surface area (Å²) in [7, 11) is 1.27. The highest BCUT2D eigenvalue weighted by Gasteiger charge is 2.20. The fourth-order valence-corrected chi connectivity index (χ4v) is 2.87. The van der Waals surface area contributed by atoms with Crippen molar-refractivity contribution in [3.63, 3.8) is 0 Å². The number of nitrogens with zero attached hydrogens (tertiary/aromatic N) is 5. The monoisotopic (exact) mass is 419 g/mol. The van der Waals surface area contributed by atoms with Crippen LogP contribution in [0.1, 0.15) is 31.3 Å². The van der Waals surface area contributed by atoms with Gasteiger partial charge in [0.05, 0.1) is 17.1 Å². The molecule has 0 amide bonds. The molecule has 0 atom stereocenters. The minimum absolute atomic E-state index is 0.00150. The van der Waals surface area contributed by atoms with Gasteiger partial charge in [0, 0.05) is 18.9 Å². The summed E-state index contributed by atoms with van der Waals surface area (Å²) in [4.78, 5) is 19.9. The lowest BCUT2D eigenvalue weighted by Gasteiger charge is -2.18. The molecule has 0 fully saturated rings. The molecule has 1 aromatic carbocycles. The average Bonchev–Trinajstić information content (AvgIpc) is 2.99. The van der Waals surface area contributed by atoms with E-state index in [4.69, 9.17) is 9.47 Å². The van der Waals surface area contributed by atoms with Gasteiger partial charge < -0.3 is 9.47 Å². The minimum atomic E-state index is -0.624. The van der Waals surface area contributed by atoms with Crippen molar-refractivity contribution in [1.29, 1.82) is 0 Å². The molecule has 0 aliphatic rings. The van der Waals surface area contributed by atoms with Crippen molar-refractivity contribution in [3.8, 4) is 11.6 Å². The SMILES string of the molecule is COC(=O)c1nccnc1Oc1ccc2c(nnn2CC(C)(C)C)c1Br. The van der Waals surface area contributed by atoms with Crippen LogP contribution in [0.5, 0.6) is 11.6 Å². The molecule has 3 rings (SSSR count). The summed E-state index contributed by atoms with van der Waals surface area (Å²) in [5, 5.41) is 8.46. The molecule has 2 heterocycles. The number of carbonyl (C=O) groups is 1. The largest absolute Gasteiger partial charge is 0.464 e. The Balaban J connectivity index is 1.98. The Morgan fingerprint density at radius 1 is 1.23 bits per heavy atom. The van der Waals surface area contributed by atoms with E-state index >= 15 is 0 Å². The molecule has 0 saturated carbocycles. The Morgan fingerprint density at radius 3 is 2.65 bits per heavy atom. The maximum atomic E-state index is 11.8. The first-order chi connectivity index (χ1) is 12.3. The zero-order valence-electron chi connectivity index (χ0n) is 14.9. The van der Waals surface area contributed by atoms with Crippen molar-refractivity contribution in [2.45, 2.75) is 27.3 Å². The Morgan fingerprint density at radius 2 is 1.96 bits per heavy atom. The molecule has 2 aromatic heterocycles. The van der Waals surface area contributed by atoms with Crippen molar-refractivity contribution in [3.05, 3.63) is 34.7 Å². The summed E-state index contributed by atoms with van der Waals surface area (Å²) in [6.45, 7) is 7.13. The van der Waals surface area contributed by atoms with E-state index in [-0.39, 0.29) is 17.0 Å². The van der Waals surface area contributed by atoms with E-state index in [1.54, 1.807) is 6.07 Å². The number of fused-ring (bicyclic) bond motifs is 1. The molecule has 8 nitrogen and oxygen atoms in total. The lowest BCUT2D eigenvalue weighted by Crippen LogP contribution is -2.16. The van der Waals surface area contributed by atoms with Crippen LogP contribution in [-0.2, 0) is 11.3 Å². The van der Waals surface area contributed by atoms with E-state index in [9.17, 15) is 4.79 Å². The zero-order chi connectivity index (χ0) is 18.9. The first-order valence-corrected chi connectivity index (χ1v) is 8.68. The third-order valence-corrected chi connectivity index (χ3v) is 4.23. The van der Waals surface area contributed by atoms with E-state index in [1.165, 1.54) is 19.5 Å². The van der Waals surface area contributed by atoms with Crippen molar-refractivity contribution >= 4 is 32.9 Å². The number of carbonyl (C=O) groups excluding carboxylic acids is 1. The van der Waals surface area contributed by atoms with Gasteiger partial charge in [-0.2, -0.15) is 0 Å². The second-order valence-electron chi connectivity index (χ2n) is 6.86. The van der Waals surface area contributed by atoms with Crippen LogP contribution in [0.2, 0.25) is 0 Å². The Kier molecular flexibility index (Phi) is 4.90. The summed E-state index contributed by atoms with van der Waals surface area (Å²) in [6.07, 6.45) is 2.84. The fraction of sp³-hybridized carbons (Fsp3) is 0.353. The lowest BCUT2D eigenvalue weighted by atomic mass is 9.97. The molecule has 0 aliphatic heterocycles. The van der Waals surface area contributed by atoms with Gasteiger partial charge in [-0.25, -0.2) is 19.4 Å². The van der Waals surface area contributed by atoms with E-state index in [2.05, 4.69) is 57.0 Å². The summed E-state index contributed by atoms with van der Waals surface area (Å²) in [6, 6.07) is 3.64. The predicted octanol–water partition coefficient (Wildman–Crippen LogP) is 3.61. The van der Waals surface area contributed by atoms with E-state index in [1.807, 2.05) is 10.7 Å². The molecule has 9 heteroatoms. The van der Waals surface area contributed by atoms with Crippen LogP contribution in [-0.4, -0.2) is 38.0 Å². The summed E-state index contributed by atoms with van der Waals surface area (Å²) in [5.74, 6) is -0.117. The van der Waals surface area contributed by atoms with Crippen molar-refractivity contribution < 1.29 is 14.3 Å². The zero-order valence-corrected chi connectivity index (χ0v) is 16.4. The lowest BCUT2D eigenvalue weighted by molar-refractivity contribution is 0.0590. The van der Waals surface area contributed by atoms with Crippen LogP contribution in [0.25, 0.3) is 11.0 Å². The summed E-state index contributed by atoms with van der Waals surface area (Å²) in [5.41, 5.74) is 1.61. The number of benzene rings is 1. The number of esters is 1. The van der Waals surface area contributed by atoms with Gasteiger partial charge in [-0.05, 0) is 33.5 Å². The smallest absolute Gasteiger partial charge is 0.362 e. The summed E-state index contributed by atoms with van der Waals surface area (Å²) < 4.78 is 13.0. The normalized spacial score (nSPS) is 11.6. The molecule has 0 N–H and O–H groups in total. The molecular weight excluding hydrogens is 402 g/mol. The Bertz CT molecular complexity index is 965. The number of ether oxygens (including phenoxy) is 2. The third kappa shape index (κ3) is 3.67. The van der Waals surface area contributed by atoms with Crippen molar-refractivity contribution in [2.24, 2.45) is 5.41 Å². The molecule has 26 heavy (non-hydrogen) atoms. The van der Waals surface area contributed by atoms with Crippen LogP contribution in [0.15, 0.2) is 29.0 Å². The highest BCUT2D eigenvalue weighted by molar-refractivity contribution is 9.10. The van der Waals surface area contributed by atoms with Crippen LogP contribution in [0, 0.1) is 5.41 Å². The number of rotatable bonds is 4. The number of hydrogen-bond acceptors (Lipinski definition) is 7. The van der Waals surface area contributed by atoms with Crippen LogP contribution >= 0.6 is 15.9 Å². The molecule has 0 spiro atoms. The molecule has 0 saturated heterocycles. The van der Waals surface area contributed by atoms with Gasteiger partial charge in [-0.3, -0.25) is 0 Å². The topological polar surface area (TPSA) is 92.0 Å². The Labute approximate surface area is 158 Å². The van der Waals surface area contributed by atoms with Crippen molar-refractivity contribution in [2.75, 3.05) is 7.11 Å². The van der Waals surface area contributed by atoms with Crippen LogP contribution in [0.3, 0.4) is 0 Å². The van der Waals surface area contributed by atoms with Crippen LogP contribution < -0.4 is 4.74 Å². The maximum absolute atomic E-state index is 11.8. The fourth-order valence-electron chi connectivity index (χ4n) is 2.37. The molecule has 0 unspecified atom stereocenters. The molecule has 0 radical (unpaired) electrons. The minimum Gasteiger partial charge on any atom is -0.464 e. The number of methoxy groups -OCH3 is 1. The molecule has 3 aromatic rings. The van der Waals surface area contributed by atoms with Crippen molar-refractivity contribution in [1.82, 2.24) is 25.0 Å². The van der Waals surface area contributed by atoms with E-state index in [0.717, 1.165) is 12.1 Å². The Hall–Kier alpha value is -2.55. The van der Waals surface area contributed by atoms with Gasteiger partial charge in [0.1, 0.15) is 11.3 Å². The highest BCUT2D eigenvalue weighted by atomic mass is 79.9. The van der Waals surface area contributed by atoms with E-state index < -0.39 is 5.97 Å².